The smallest absolute Gasteiger partial charge is 0.185 e. The van der Waals surface area contributed by atoms with Gasteiger partial charge in [-0.05, 0) is 42.5 Å². The lowest BCUT2D eigenvalue weighted by molar-refractivity contribution is 0.517. The Morgan fingerprint density at radius 3 is 2.75 bits per heavy atom. The van der Waals surface area contributed by atoms with Gasteiger partial charge in [-0.3, -0.25) is 0 Å². The Bertz CT molecular complexity index is 506. The van der Waals surface area contributed by atoms with Gasteiger partial charge >= 0.3 is 0 Å². The minimum atomic E-state index is -0.420. The van der Waals surface area contributed by atoms with Crippen LogP contribution >= 0.6 is 0 Å². The maximum Gasteiger partial charge on any atom is 0.185 e. The fourth-order valence-electron chi connectivity index (χ4n) is 1.43. The molecule has 6 heteroatoms. The SMILES string of the molecule is CC(C)n1nnnc1-c1ccc(N)cc1F. The van der Waals surface area contributed by atoms with Crippen molar-refractivity contribution in [2.75, 3.05) is 5.73 Å². The lowest BCUT2D eigenvalue weighted by Gasteiger charge is -2.08. The van der Waals surface area contributed by atoms with Crippen molar-refractivity contribution in [3.8, 4) is 11.4 Å². The van der Waals surface area contributed by atoms with E-state index in [1.54, 1.807) is 16.8 Å². The van der Waals surface area contributed by atoms with Crippen molar-refractivity contribution in [1.82, 2.24) is 20.2 Å². The summed E-state index contributed by atoms with van der Waals surface area (Å²) in [6, 6.07) is 4.53. The molecule has 0 aliphatic carbocycles. The van der Waals surface area contributed by atoms with Gasteiger partial charge in [0, 0.05) is 5.69 Å². The van der Waals surface area contributed by atoms with Crippen LogP contribution in [-0.4, -0.2) is 20.2 Å². The Hall–Kier alpha value is -1.98. The molecule has 2 rings (SSSR count). The monoisotopic (exact) mass is 221 g/mol. The van der Waals surface area contributed by atoms with Gasteiger partial charge in [0.05, 0.1) is 11.6 Å². The minimum Gasteiger partial charge on any atom is -0.399 e. The van der Waals surface area contributed by atoms with E-state index in [0.717, 1.165) is 0 Å². The van der Waals surface area contributed by atoms with Crippen LogP contribution in [0.1, 0.15) is 19.9 Å². The number of tetrazole rings is 1. The minimum absolute atomic E-state index is 0.0713. The van der Waals surface area contributed by atoms with Gasteiger partial charge in [-0.1, -0.05) is 0 Å². The van der Waals surface area contributed by atoms with Crippen LogP contribution in [0.25, 0.3) is 11.4 Å². The topological polar surface area (TPSA) is 69.6 Å². The second-order valence-electron chi connectivity index (χ2n) is 3.78. The first kappa shape index (κ1) is 10.5. The second kappa shape index (κ2) is 3.88. The highest BCUT2D eigenvalue weighted by molar-refractivity contribution is 5.59. The molecule has 0 radical (unpaired) electrons. The average molecular weight is 221 g/mol. The number of nitrogens with two attached hydrogens (primary N) is 1. The molecule has 1 aromatic carbocycles. The molecule has 84 valence electrons. The van der Waals surface area contributed by atoms with Crippen LogP contribution < -0.4 is 5.73 Å². The van der Waals surface area contributed by atoms with Crippen molar-refractivity contribution in [1.29, 1.82) is 0 Å². The van der Waals surface area contributed by atoms with Gasteiger partial charge in [0.1, 0.15) is 5.82 Å². The standard InChI is InChI=1S/C10H12FN5/c1-6(2)16-10(13-14-15-16)8-4-3-7(12)5-9(8)11/h3-6H,12H2,1-2H3. The van der Waals surface area contributed by atoms with Gasteiger partial charge < -0.3 is 5.73 Å². The molecule has 1 aromatic heterocycles. The number of nitrogens with zero attached hydrogens (tertiary/aromatic N) is 4. The van der Waals surface area contributed by atoms with Gasteiger partial charge in [0.15, 0.2) is 5.82 Å². The van der Waals surface area contributed by atoms with E-state index in [0.29, 0.717) is 17.1 Å². The van der Waals surface area contributed by atoms with Gasteiger partial charge in [-0.25, -0.2) is 9.07 Å². The van der Waals surface area contributed by atoms with Gasteiger partial charge in [0.2, 0.25) is 0 Å². The maximum absolute atomic E-state index is 13.7. The summed E-state index contributed by atoms with van der Waals surface area (Å²) in [5.74, 6) is -0.01000. The van der Waals surface area contributed by atoms with E-state index in [9.17, 15) is 4.39 Å². The molecule has 5 nitrogen and oxygen atoms in total. The van der Waals surface area contributed by atoms with Crippen LogP contribution in [0.5, 0.6) is 0 Å². The van der Waals surface area contributed by atoms with E-state index in [1.165, 1.54) is 6.07 Å². The lowest BCUT2D eigenvalue weighted by Crippen LogP contribution is -2.06. The van der Waals surface area contributed by atoms with E-state index < -0.39 is 5.82 Å². The summed E-state index contributed by atoms with van der Waals surface area (Å²) in [6.45, 7) is 3.85. The molecule has 0 amide bonds. The first-order chi connectivity index (χ1) is 7.59. The summed E-state index contributed by atoms with van der Waals surface area (Å²) < 4.78 is 15.2. The highest BCUT2D eigenvalue weighted by Gasteiger charge is 2.15. The number of nitrogen functional groups attached to an aromatic ring is 1. The molecule has 1 heterocycles. The van der Waals surface area contributed by atoms with Crippen molar-refractivity contribution in [2.24, 2.45) is 0 Å². The van der Waals surface area contributed by atoms with Crippen molar-refractivity contribution in [3.05, 3.63) is 24.0 Å². The number of rotatable bonds is 2. The summed E-state index contributed by atoms with van der Waals surface area (Å²) in [4.78, 5) is 0. The first-order valence-electron chi connectivity index (χ1n) is 4.93. The molecule has 0 saturated carbocycles. The number of halogens is 1. The molecule has 16 heavy (non-hydrogen) atoms. The van der Waals surface area contributed by atoms with Crippen molar-refractivity contribution < 1.29 is 4.39 Å². The van der Waals surface area contributed by atoms with Gasteiger partial charge in [0.25, 0.3) is 0 Å². The predicted molar refractivity (Wildman–Crippen MR) is 58.0 cm³/mol. The van der Waals surface area contributed by atoms with E-state index in [1.807, 2.05) is 13.8 Å². The van der Waals surface area contributed by atoms with Gasteiger partial charge in [-0.2, -0.15) is 0 Å². The maximum atomic E-state index is 13.7. The molecule has 0 spiro atoms. The molecule has 0 unspecified atom stereocenters. The number of hydrogen-bond donors (Lipinski definition) is 1. The molecule has 0 bridgehead atoms. The summed E-state index contributed by atoms with van der Waals surface area (Å²) in [5.41, 5.74) is 6.21. The van der Waals surface area contributed by atoms with Crippen LogP contribution in [0, 0.1) is 5.82 Å². The van der Waals surface area contributed by atoms with Crippen LogP contribution in [0.3, 0.4) is 0 Å². The molecule has 0 fully saturated rings. The van der Waals surface area contributed by atoms with E-state index >= 15 is 0 Å². The molecule has 0 aliphatic heterocycles. The zero-order valence-corrected chi connectivity index (χ0v) is 9.05. The summed E-state index contributed by atoms with van der Waals surface area (Å²) in [7, 11) is 0. The molecular formula is C10H12FN5. The van der Waals surface area contributed by atoms with Crippen LogP contribution in [0.2, 0.25) is 0 Å². The fraction of sp³-hybridized carbons (Fsp3) is 0.300. The van der Waals surface area contributed by atoms with Gasteiger partial charge in [-0.15, -0.1) is 5.10 Å². The summed E-state index contributed by atoms with van der Waals surface area (Å²) in [5, 5.41) is 11.2. The third-order valence-electron chi connectivity index (χ3n) is 2.22. The Morgan fingerprint density at radius 2 is 2.12 bits per heavy atom. The van der Waals surface area contributed by atoms with Crippen LogP contribution in [0.15, 0.2) is 18.2 Å². The van der Waals surface area contributed by atoms with E-state index in [4.69, 9.17) is 5.73 Å². The average Bonchev–Trinajstić information content (AvgIpc) is 2.66. The summed E-state index contributed by atoms with van der Waals surface area (Å²) >= 11 is 0. The van der Waals surface area contributed by atoms with E-state index in [-0.39, 0.29) is 6.04 Å². The molecule has 2 aromatic rings. The predicted octanol–water partition coefficient (Wildman–Crippen LogP) is 1.64. The number of benzene rings is 1. The number of aromatic nitrogens is 4. The fourth-order valence-corrected chi connectivity index (χ4v) is 1.43. The van der Waals surface area contributed by atoms with Crippen LogP contribution in [-0.2, 0) is 0 Å². The number of anilines is 1. The third kappa shape index (κ3) is 1.73. The first-order valence-corrected chi connectivity index (χ1v) is 4.93. The molecule has 2 N–H and O–H groups in total. The third-order valence-corrected chi connectivity index (χ3v) is 2.22. The number of hydrogen-bond acceptors (Lipinski definition) is 4. The lowest BCUT2D eigenvalue weighted by atomic mass is 10.2. The Kier molecular flexibility index (Phi) is 2.55. The highest BCUT2D eigenvalue weighted by Crippen LogP contribution is 2.23. The Balaban J connectivity index is 2.54. The molecule has 0 aliphatic rings. The Morgan fingerprint density at radius 1 is 1.38 bits per heavy atom. The zero-order valence-electron chi connectivity index (χ0n) is 9.05. The molecule has 0 atom stereocenters. The van der Waals surface area contributed by atoms with Crippen molar-refractivity contribution in [3.63, 3.8) is 0 Å². The summed E-state index contributed by atoms with van der Waals surface area (Å²) in [6.07, 6.45) is 0. The normalized spacial score (nSPS) is 11.0. The second-order valence-corrected chi connectivity index (χ2v) is 3.78. The van der Waals surface area contributed by atoms with E-state index in [2.05, 4.69) is 15.5 Å². The van der Waals surface area contributed by atoms with Crippen molar-refractivity contribution >= 4 is 5.69 Å². The Labute approximate surface area is 92.1 Å². The van der Waals surface area contributed by atoms with Crippen molar-refractivity contribution in [2.45, 2.75) is 19.9 Å². The molecule has 0 saturated heterocycles. The zero-order chi connectivity index (χ0) is 11.7. The quantitative estimate of drug-likeness (QED) is 0.783. The largest absolute Gasteiger partial charge is 0.399 e. The molecular weight excluding hydrogens is 209 g/mol. The highest BCUT2D eigenvalue weighted by atomic mass is 19.1. The van der Waals surface area contributed by atoms with Crippen LogP contribution in [0.4, 0.5) is 10.1 Å².